The second-order valence-electron chi connectivity index (χ2n) is 6.94. The van der Waals surface area contributed by atoms with Crippen molar-refractivity contribution in [1.82, 2.24) is 5.06 Å². The minimum Gasteiger partial charge on any atom is -0.463 e. The number of hydrogen-bond acceptors (Lipinski definition) is 10. The van der Waals surface area contributed by atoms with Crippen molar-refractivity contribution >= 4 is 29.7 Å². The summed E-state index contributed by atoms with van der Waals surface area (Å²) in [5.41, 5.74) is 0.278. The maximum atomic E-state index is 12.6. The fourth-order valence-corrected chi connectivity index (χ4v) is 3.31. The maximum absolute atomic E-state index is 12.6. The van der Waals surface area contributed by atoms with E-state index in [-0.39, 0.29) is 24.2 Å². The van der Waals surface area contributed by atoms with E-state index in [9.17, 15) is 24.0 Å². The zero-order valence-electron chi connectivity index (χ0n) is 17.1. The number of amides is 2. The number of benzene rings is 1. The van der Waals surface area contributed by atoms with Crippen LogP contribution in [0.3, 0.4) is 0 Å². The fraction of sp³-hybridized carbons (Fsp3) is 0.450. The van der Waals surface area contributed by atoms with E-state index in [2.05, 4.69) is 0 Å². The third-order valence-corrected chi connectivity index (χ3v) is 4.51. The third kappa shape index (κ3) is 5.06. The monoisotopic (exact) mass is 435 g/mol. The molecule has 3 rings (SSSR count). The van der Waals surface area contributed by atoms with Crippen LogP contribution in [0.2, 0.25) is 0 Å². The van der Waals surface area contributed by atoms with E-state index in [0.29, 0.717) is 5.06 Å². The fourth-order valence-electron chi connectivity index (χ4n) is 3.31. The highest BCUT2D eigenvalue weighted by Crippen LogP contribution is 2.30. The lowest BCUT2D eigenvalue weighted by atomic mass is 10.0. The van der Waals surface area contributed by atoms with Crippen LogP contribution in [-0.2, 0) is 38.2 Å². The van der Waals surface area contributed by atoms with Crippen molar-refractivity contribution in [3.63, 3.8) is 0 Å². The predicted molar refractivity (Wildman–Crippen MR) is 99.0 cm³/mol. The molecule has 0 bridgehead atoms. The molecule has 0 radical (unpaired) electrons. The number of esters is 3. The molecule has 4 atom stereocenters. The van der Waals surface area contributed by atoms with Gasteiger partial charge in [-0.05, 0) is 12.1 Å². The smallest absolute Gasteiger partial charge is 0.303 e. The Morgan fingerprint density at radius 2 is 1.55 bits per heavy atom. The SMILES string of the molecule is CC(=O)OCC1CC(OC(C)=O)[C@@H](OC(C)=O)[C@H](ON2C(=O)c3ccccc3C2=O)O1. The highest BCUT2D eigenvalue weighted by Gasteiger charge is 2.48. The van der Waals surface area contributed by atoms with Crippen LogP contribution in [0.5, 0.6) is 0 Å². The van der Waals surface area contributed by atoms with Gasteiger partial charge in [0, 0.05) is 27.2 Å². The Balaban J connectivity index is 1.86. The molecule has 31 heavy (non-hydrogen) atoms. The van der Waals surface area contributed by atoms with Crippen molar-refractivity contribution in [3.8, 4) is 0 Å². The van der Waals surface area contributed by atoms with E-state index < -0.39 is 54.3 Å². The summed E-state index contributed by atoms with van der Waals surface area (Å²) in [5.74, 6) is -3.39. The second kappa shape index (κ2) is 9.23. The predicted octanol–water partition coefficient (Wildman–Crippen LogP) is 0.756. The molecule has 0 aliphatic carbocycles. The van der Waals surface area contributed by atoms with Crippen LogP contribution in [0.4, 0.5) is 0 Å². The van der Waals surface area contributed by atoms with Gasteiger partial charge in [-0.2, -0.15) is 0 Å². The molecule has 0 spiro atoms. The molecule has 1 aromatic carbocycles. The molecule has 2 amide bonds. The van der Waals surface area contributed by atoms with Gasteiger partial charge >= 0.3 is 17.9 Å². The number of hydroxylamine groups is 2. The van der Waals surface area contributed by atoms with Gasteiger partial charge in [-0.1, -0.05) is 12.1 Å². The van der Waals surface area contributed by atoms with E-state index in [1.54, 1.807) is 12.1 Å². The third-order valence-electron chi connectivity index (χ3n) is 4.51. The minimum absolute atomic E-state index is 0.0206. The molecule has 2 unspecified atom stereocenters. The van der Waals surface area contributed by atoms with Gasteiger partial charge in [-0.15, -0.1) is 5.06 Å². The van der Waals surface area contributed by atoms with Crippen molar-refractivity contribution in [3.05, 3.63) is 35.4 Å². The average molecular weight is 435 g/mol. The molecule has 166 valence electrons. The van der Waals surface area contributed by atoms with Gasteiger partial charge in [0.05, 0.1) is 17.2 Å². The van der Waals surface area contributed by atoms with Gasteiger partial charge in [0.15, 0.2) is 6.10 Å². The standard InChI is InChI=1S/C20H21NO10/c1-10(22)27-9-13-8-16(28-11(2)23)17(29-12(3)24)20(30-13)31-21-18(25)14-6-4-5-7-15(14)19(21)26/h4-7,13,16-17,20H,8-9H2,1-3H3/t13?,16?,17-,20+/m1/s1. The highest BCUT2D eigenvalue weighted by molar-refractivity contribution is 6.20. The zero-order valence-corrected chi connectivity index (χ0v) is 17.1. The van der Waals surface area contributed by atoms with Crippen molar-refractivity contribution < 1.29 is 47.8 Å². The Labute approximate surface area is 177 Å². The van der Waals surface area contributed by atoms with E-state index in [1.807, 2.05) is 0 Å². The van der Waals surface area contributed by atoms with Crippen LogP contribution in [0.1, 0.15) is 47.9 Å². The lowest BCUT2D eigenvalue weighted by Gasteiger charge is -2.40. The van der Waals surface area contributed by atoms with Crippen LogP contribution < -0.4 is 0 Å². The van der Waals surface area contributed by atoms with Crippen LogP contribution in [-0.4, -0.2) is 66.0 Å². The molecule has 11 nitrogen and oxygen atoms in total. The first-order valence-electron chi connectivity index (χ1n) is 9.45. The molecule has 11 heteroatoms. The van der Waals surface area contributed by atoms with Crippen LogP contribution in [0.15, 0.2) is 24.3 Å². The molecule has 1 aromatic rings. The minimum atomic E-state index is -1.50. The summed E-state index contributed by atoms with van der Waals surface area (Å²) in [6.07, 6.45) is -4.60. The number of nitrogens with zero attached hydrogens (tertiary/aromatic N) is 1. The highest BCUT2D eigenvalue weighted by atomic mass is 16.8. The second-order valence-corrected chi connectivity index (χ2v) is 6.94. The maximum Gasteiger partial charge on any atom is 0.303 e. The normalized spacial score (nSPS) is 25.1. The summed E-state index contributed by atoms with van der Waals surface area (Å²) in [6, 6.07) is 6.13. The number of rotatable bonds is 6. The number of fused-ring (bicyclic) bond motifs is 1. The van der Waals surface area contributed by atoms with Crippen molar-refractivity contribution in [1.29, 1.82) is 0 Å². The molecule has 1 saturated heterocycles. The lowest BCUT2D eigenvalue weighted by Crippen LogP contribution is -2.56. The molecular formula is C20H21NO10. The molecule has 2 aliphatic rings. The summed E-state index contributed by atoms with van der Waals surface area (Å²) in [5, 5.41) is 0.505. The Kier molecular flexibility index (Phi) is 6.66. The van der Waals surface area contributed by atoms with Crippen molar-refractivity contribution in [2.24, 2.45) is 0 Å². The van der Waals surface area contributed by atoms with Gasteiger partial charge in [-0.25, -0.2) is 4.84 Å². The van der Waals surface area contributed by atoms with Gasteiger partial charge in [-0.3, -0.25) is 24.0 Å². The molecule has 0 aromatic heterocycles. The largest absolute Gasteiger partial charge is 0.463 e. The molecular weight excluding hydrogens is 414 g/mol. The summed E-state index contributed by atoms with van der Waals surface area (Å²) < 4.78 is 21.1. The van der Waals surface area contributed by atoms with Crippen LogP contribution in [0, 0.1) is 0 Å². The van der Waals surface area contributed by atoms with Crippen LogP contribution >= 0.6 is 0 Å². The van der Waals surface area contributed by atoms with Crippen LogP contribution in [0.25, 0.3) is 0 Å². The number of hydrogen-bond donors (Lipinski definition) is 0. The van der Waals surface area contributed by atoms with E-state index >= 15 is 0 Å². The summed E-state index contributed by atoms with van der Waals surface area (Å²) in [6.45, 7) is 3.30. The molecule has 1 fully saturated rings. The Morgan fingerprint density at radius 3 is 2.06 bits per heavy atom. The van der Waals surface area contributed by atoms with Gasteiger partial charge in [0.25, 0.3) is 11.8 Å². The Hall–Kier alpha value is -3.31. The number of imide groups is 1. The molecule has 2 heterocycles. The lowest BCUT2D eigenvalue weighted by molar-refractivity contribution is -0.320. The average Bonchev–Trinajstić information content (AvgIpc) is 2.93. The van der Waals surface area contributed by atoms with E-state index in [4.69, 9.17) is 23.8 Å². The molecule has 2 aliphatic heterocycles. The first kappa shape index (κ1) is 22.4. The van der Waals surface area contributed by atoms with Gasteiger partial charge in [0.1, 0.15) is 12.7 Å². The van der Waals surface area contributed by atoms with E-state index in [0.717, 1.165) is 6.92 Å². The van der Waals surface area contributed by atoms with Gasteiger partial charge < -0.3 is 18.9 Å². The van der Waals surface area contributed by atoms with E-state index in [1.165, 1.54) is 26.0 Å². The first-order chi connectivity index (χ1) is 14.7. The number of carbonyl (C=O) groups excluding carboxylic acids is 5. The molecule has 0 saturated carbocycles. The topological polar surface area (TPSA) is 135 Å². The Bertz CT molecular complexity index is 878. The number of ether oxygens (including phenoxy) is 4. The summed E-state index contributed by atoms with van der Waals surface area (Å²) in [7, 11) is 0. The zero-order chi connectivity index (χ0) is 22.7. The summed E-state index contributed by atoms with van der Waals surface area (Å²) >= 11 is 0. The van der Waals surface area contributed by atoms with Gasteiger partial charge in [0.2, 0.25) is 6.29 Å². The molecule has 0 N–H and O–H groups in total. The quantitative estimate of drug-likeness (QED) is 0.358. The van der Waals surface area contributed by atoms with Crippen molar-refractivity contribution in [2.45, 2.75) is 51.8 Å². The van der Waals surface area contributed by atoms with Crippen molar-refractivity contribution in [2.75, 3.05) is 6.61 Å². The summed E-state index contributed by atoms with van der Waals surface area (Å²) in [4.78, 5) is 65.2. The first-order valence-corrected chi connectivity index (χ1v) is 9.45. The Morgan fingerprint density at radius 1 is 0.968 bits per heavy atom. The number of carbonyl (C=O) groups is 5.